The van der Waals surface area contributed by atoms with Crippen molar-refractivity contribution >= 4 is 16.9 Å². The van der Waals surface area contributed by atoms with Gasteiger partial charge in [-0.3, -0.25) is 9.69 Å². The number of carbonyl (C=O) groups is 1. The van der Waals surface area contributed by atoms with Gasteiger partial charge >= 0.3 is 0 Å². The molecule has 0 aliphatic carbocycles. The maximum atomic E-state index is 14.3. The first-order valence-electron chi connectivity index (χ1n) is 12.3. The van der Waals surface area contributed by atoms with Crippen LogP contribution in [0.1, 0.15) is 55.6 Å². The molecule has 2 aromatic carbocycles. The lowest BCUT2D eigenvalue weighted by atomic mass is 9.95. The Balaban J connectivity index is 1.29. The molecule has 3 heterocycles. The number of piperidine rings is 1. The van der Waals surface area contributed by atoms with Crippen molar-refractivity contribution in [3.05, 3.63) is 65.7 Å². The Morgan fingerprint density at radius 1 is 1.12 bits per heavy atom. The molecule has 1 unspecified atom stereocenters. The van der Waals surface area contributed by atoms with E-state index in [4.69, 9.17) is 4.74 Å². The fraction of sp³-hybridized carbons (Fsp3) is 0.481. The molecule has 3 aromatic rings. The number of methoxy groups -OCH3 is 1. The summed E-state index contributed by atoms with van der Waals surface area (Å²) >= 11 is 0. The average Bonchev–Trinajstić information content (AvgIpc) is 3.29. The summed E-state index contributed by atoms with van der Waals surface area (Å²) in [5.74, 6) is 0.554. The molecule has 180 valence electrons. The molecule has 2 saturated heterocycles. The van der Waals surface area contributed by atoms with Gasteiger partial charge in [-0.1, -0.05) is 36.4 Å². The van der Waals surface area contributed by atoms with Crippen LogP contribution in [0, 0.1) is 12.7 Å². The third-order valence-corrected chi connectivity index (χ3v) is 7.56. The van der Waals surface area contributed by atoms with Crippen LogP contribution < -0.4 is 5.32 Å². The number of nitrogens with one attached hydrogen (secondary N) is 1. The van der Waals surface area contributed by atoms with E-state index in [1.165, 1.54) is 18.9 Å². The minimum Gasteiger partial charge on any atom is -0.375 e. The highest BCUT2D eigenvalue weighted by Crippen LogP contribution is 2.42. The van der Waals surface area contributed by atoms with Gasteiger partial charge in [-0.15, -0.1) is 0 Å². The Labute approximate surface area is 200 Å². The first-order valence-corrected chi connectivity index (χ1v) is 12.3. The minimum absolute atomic E-state index is 0.0382. The van der Waals surface area contributed by atoms with E-state index < -0.39 is 0 Å². The monoisotopic (exact) mass is 464 g/mol. The van der Waals surface area contributed by atoms with Gasteiger partial charge in [-0.05, 0) is 56.7 Å². The van der Waals surface area contributed by atoms with Crippen LogP contribution in [0.15, 0.2) is 48.5 Å². The first-order chi connectivity index (χ1) is 16.5. The Hall–Kier alpha value is -2.77. The molecule has 34 heavy (non-hydrogen) atoms. The number of fused-ring (bicyclic) bond motifs is 3. The number of amides is 1. The normalized spacial score (nSPS) is 23.3. The van der Waals surface area contributed by atoms with Crippen molar-refractivity contribution in [1.82, 2.24) is 19.8 Å². The SMILES string of the molecule is COCC(=O)N[C@@H](CCN1[C@@H]2CC[C@H]1CC(n1c(C)nc3c(F)cccc31)C2)c1ccccc1. The topological polar surface area (TPSA) is 59.4 Å². The van der Waals surface area contributed by atoms with Crippen molar-refractivity contribution in [2.75, 3.05) is 20.3 Å². The molecule has 6 nitrogen and oxygen atoms in total. The third-order valence-electron chi connectivity index (χ3n) is 7.56. The van der Waals surface area contributed by atoms with Crippen LogP contribution in [0.25, 0.3) is 11.0 Å². The van der Waals surface area contributed by atoms with Crippen LogP contribution in [-0.2, 0) is 9.53 Å². The van der Waals surface area contributed by atoms with Crippen molar-refractivity contribution in [1.29, 1.82) is 0 Å². The molecule has 5 rings (SSSR count). The number of para-hydroxylation sites is 1. The molecular formula is C27H33FN4O2. The van der Waals surface area contributed by atoms with Gasteiger partial charge in [-0.25, -0.2) is 9.37 Å². The highest BCUT2D eigenvalue weighted by atomic mass is 19.1. The summed E-state index contributed by atoms with van der Waals surface area (Å²) in [6.45, 7) is 2.99. The molecule has 2 bridgehead atoms. The number of nitrogens with zero attached hydrogens (tertiary/aromatic N) is 3. The zero-order valence-corrected chi connectivity index (χ0v) is 19.9. The number of benzene rings is 2. The number of ether oxygens (including phenoxy) is 1. The predicted molar refractivity (Wildman–Crippen MR) is 130 cm³/mol. The van der Waals surface area contributed by atoms with E-state index in [9.17, 15) is 9.18 Å². The van der Waals surface area contributed by atoms with Crippen LogP contribution >= 0.6 is 0 Å². The summed E-state index contributed by atoms with van der Waals surface area (Å²) in [6, 6.07) is 16.7. The van der Waals surface area contributed by atoms with Crippen molar-refractivity contribution in [3.63, 3.8) is 0 Å². The van der Waals surface area contributed by atoms with Crippen molar-refractivity contribution in [3.8, 4) is 0 Å². The zero-order valence-electron chi connectivity index (χ0n) is 19.9. The Morgan fingerprint density at radius 3 is 2.56 bits per heavy atom. The molecule has 2 aliphatic heterocycles. The lowest BCUT2D eigenvalue weighted by Gasteiger charge is -2.40. The zero-order chi connectivity index (χ0) is 23.7. The molecule has 2 aliphatic rings. The maximum absolute atomic E-state index is 14.3. The summed E-state index contributed by atoms with van der Waals surface area (Å²) < 4.78 is 21.6. The Bertz CT molecular complexity index is 1130. The highest BCUT2D eigenvalue weighted by Gasteiger charge is 2.41. The number of aromatic nitrogens is 2. The van der Waals surface area contributed by atoms with E-state index in [1.54, 1.807) is 13.2 Å². The second kappa shape index (κ2) is 9.84. The van der Waals surface area contributed by atoms with Crippen molar-refractivity contribution < 1.29 is 13.9 Å². The van der Waals surface area contributed by atoms with Crippen molar-refractivity contribution in [2.24, 2.45) is 0 Å². The van der Waals surface area contributed by atoms with E-state index in [0.717, 1.165) is 42.7 Å². The molecule has 1 amide bonds. The van der Waals surface area contributed by atoms with E-state index in [-0.39, 0.29) is 24.4 Å². The number of hydrogen-bond donors (Lipinski definition) is 1. The summed E-state index contributed by atoms with van der Waals surface area (Å²) in [7, 11) is 1.54. The van der Waals surface area contributed by atoms with Crippen LogP contribution in [0.2, 0.25) is 0 Å². The van der Waals surface area contributed by atoms with Crippen LogP contribution in [0.4, 0.5) is 4.39 Å². The number of imidazole rings is 1. The fourth-order valence-corrected chi connectivity index (χ4v) is 6.13. The van der Waals surface area contributed by atoms with E-state index in [1.807, 2.05) is 31.2 Å². The van der Waals surface area contributed by atoms with E-state index >= 15 is 0 Å². The smallest absolute Gasteiger partial charge is 0.246 e. The molecule has 4 atom stereocenters. The Morgan fingerprint density at radius 2 is 1.85 bits per heavy atom. The second-order valence-electron chi connectivity index (χ2n) is 9.64. The predicted octanol–water partition coefficient (Wildman–Crippen LogP) is 4.55. The summed E-state index contributed by atoms with van der Waals surface area (Å²) in [5.41, 5.74) is 2.50. The van der Waals surface area contributed by atoms with Gasteiger partial charge in [0.2, 0.25) is 5.91 Å². The van der Waals surface area contributed by atoms with Gasteiger partial charge in [0.25, 0.3) is 0 Å². The number of halogens is 1. The lowest BCUT2D eigenvalue weighted by molar-refractivity contribution is -0.125. The van der Waals surface area contributed by atoms with Crippen LogP contribution in [0.5, 0.6) is 0 Å². The van der Waals surface area contributed by atoms with Crippen LogP contribution in [-0.4, -0.2) is 52.7 Å². The average molecular weight is 465 g/mol. The van der Waals surface area contributed by atoms with Gasteiger partial charge < -0.3 is 14.6 Å². The Kier molecular flexibility index (Phi) is 6.66. The van der Waals surface area contributed by atoms with E-state index in [2.05, 4.69) is 31.9 Å². The quantitative estimate of drug-likeness (QED) is 0.532. The molecule has 0 spiro atoms. The standard InChI is InChI=1S/C27H33FN4O2/c1-18-29-27-23(28)9-6-10-25(27)32(18)22-15-20-11-12-21(16-22)31(20)14-13-24(30-26(33)17-34-2)19-7-4-3-5-8-19/h3-10,20-22,24H,11-17H2,1-2H3,(H,30,33)/t20-,21+,22?,24-/m0/s1. The minimum atomic E-state index is -0.248. The van der Waals surface area contributed by atoms with Gasteiger partial charge in [0.1, 0.15) is 17.9 Å². The number of hydrogen-bond acceptors (Lipinski definition) is 4. The van der Waals surface area contributed by atoms with Crippen molar-refractivity contribution in [2.45, 2.75) is 63.2 Å². The summed E-state index contributed by atoms with van der Waals surface area (Å²) in [5, 5.41) is 3.15. The van der Waals surface area contributed by atoms with Gasteiger partial charge in [0.05, 0.1) is 11.6 Å². The maximum Gasteiger partial charge on any atom is 0.246 e. The number of carbonyl (C=O) groups excluding carboxylic acids is 1. The fourth-order valence-electron chi connectivity index (χ4n) is 6.13. The second-order valence-corrected chi connectivity index (χ2v) is 9.64. The third kappa shape index (κ3) is 4.46. The van der Waals surface area contributed by atoms with Gasteiger partial charge in [0, 0.05) is 31.8 Å². The molecule has 0 radical (unpaired) electrons. The number of aryl methyl sites for hydroxylation is 1. The number of rotatable bonds is 8. The highest BCUT2D eigenvalue weighted by molar-refractivity contribution is 5.78. The summed E-state index contributed by atoms with van der Waals surface area (Å²) in [4.78, 5) is 19.5. The van der Waals surface area contributed by atoms with Gasteiger partial charge in [-0.2, -0.15) is 0 Å². The van der Waals surface area contributed by atoms with Crippen LogP contribution in [0.3, 0.4) is 0 Å². The largest absolute Gasteiger partial charge is 0.375 e. The first kappa shape index (κ1) is 23.0. The van der Waals surface area contributed by atoms with E-state index in [0.29, 0.717) is 23.6 Å². The molecule has 2 fully saturated rings. The lowest BCUT2D eigenvalue weighted by Crippen LogP contribution is -2.45. The molecule has 7 heteroatoms. The van der Waals surface area contributed by atoms with Gasteiger partial charge in [0.15, 0.2) is 5.82 Å². The summed E-state index contributed by atoms with van der Waals surface area (Å²) in [6.07, 6.45) is 5.33. The molecule has 1 aromatic heterocycles. The molecule has 0 saturated carbocycles. The molecular weight excluding hydrogens is 431 g/mol. The molecule has 1 N–H and O–H groups in total.